The summed E-state index contributed by atoms with van der Waals surface area (Å²) in [5.74, 6) is 0.580. The van der Waals surface area contributed by atoms with E-state index in [0.717, 1.165) is 24.3 Å². The highest BCUT2D eigenvalue weighted by Crippen LogP contribution is 2.29. The van der Waals surface area contributed by atoms with Crippen LogP contribution >= 0.6 is 11.8 Å². The Morgan fingerprint density at radius 2 is 1.95 bits per heavy atom. The second-order valence-electron chi connectivity index (χ2n) is 5.76. The van der Waals surface area contributed by atoms with E-state index < -0.39 is 11.9 Å². The Bertz CT molecular complexity index is 525. The van der Waals surface area contributed by atoms with Crippen LogP contribution in [-0.4, -0.2) is 40.2 Å². The molecule has 0 aromatic heterocycles. The molecule has 0 saturated heterocycles. The zero-order valence-corrected chi connectivity index (χ0v) is 13.9. The Kier molecular flexibility index (Phi) is 5.89. The van der Waals surface area contributed by atoms with Crippen molar-refractivity contribution in [2.75, 3.05) is 12.3 Å². The van der Waals surface area contributed by atoms with Crippen LogP contribution in [-0.2, 0) is 10.5 Å². The first kappa shape index (κ1) is 16.9. The van der Waals surface area contributed by atoms with E-state index in [1.807, 2.05) is 36.0 Å². The predicted molar refractivity (Wildman–Crippen MR) is 89.1 cm³/mol. The van der Waals surface area contributed by atoms with Gasteiger partial charge in [-0.05, 0) is 36.3 Å². The molecule has 0 aliphatic heterocycles. The van der Waals surface area contributed by atoms with Gasteiger partial charge in [-0.1, -0.05) is 26.0 Å². The number of carbonyl (C=O) groups excluding carboxylic acids is 1. The van der Waals surface area contributed by atoms with E-state index in [2.05, 4.69) is 6.92 Å². The molecule has 1 unspecified atom stereocenters. The standard InChI is InChI=1S/C17H23NO3S/c1-3-22-11-13-4-6-14(7-5-13)16(19)18(15-8-9-15)10-12(2)17(20)21/h4-7,12,15H,3,8-11H2,1-2H3,(H,20,21). The zero-order valence-electron chi connectivity index (χ0n) is 13.1. The van der Waals surface area contributed by atoms with Gasteiger partial charge in [-0.2, -0.15) is 11.8 Å². The monoisotopic (exact) mass is 321 g/mol. The van der Waals surface area contributed by atoms with Gasteiger partial charge in [-0.3, -0.25) is 9.59 Å². The van der Waals surface area contributed by atoms with Crippen LogP contribution in [0.15, 0.2) is 24.3 Å². The summed E-state index contributed by atoms with van der Waals surface area (Å²) in [6.07, 6.45) is 1.95. The van der Waals surface area contributed by atoms with Crippen molar-refractivity contribution in [1.82, 2.24) is 4.90 Å². The number of carboxylic acid groups (broad SMARTS) is 1. The fourth-order valence-corrected chi connectivity index (χ4v) is 2.92. The van der Waals surface area contributed by atoms with Gasteiger partial charge in [0.1, 0.15) is 0 Å². The number of carboxylic acids is 1. The lowest BCUT2D eigenvalue weighted by molar-refractivity contribution is -0.141. The lowest BCUT2D eigenvalue weighted by Crippen LogP contribution is -2.38. The summed E-state index contributed by atoms with van der Waals surface area (Å²) in [6.45, 7) is 4.06. The van der Waals surface area contributed by atoms with Crippen LogP contribution in [0.1, 0.15) is 42.6 Å². The van der Waals surface area contributed by atoms with Gasteiger partial charge in [0.05, 0.1) is 5.92 Å². The molecule has 1 fully saturated rings. The third-order valence-corrected chi connectivity index (χ3v) is 4.76. The largest absolute Gasteiger partial charge is 0.481 e. The normalized spacial score (nSPS) is 15.4. The average molecular weight is 321 g/mol. The SMILES string of the molecule is CCSCc1ccc(C(=O)N(CC(C)C(=O)O)C2CC2)cc1. The van der Waals surface area contributed by atoms with Gasteiger partial charge < -0.3 is 10.0 Å². The highest BCUT2D eigenvalue weighted by Gasteiger charge is 2.34. The van der Waals surface area contributed by atoms with Crippen molar-refractivity contribution >= 4 is 23.6 Å². The average Bonchev–Trinajstić information content (AvgIpc) is 3.34. The van der Waals surface area contributed by atoms with Crippen molar-refractivity contribution in [2.24, 2.45) is 5.92 Å². The maximum absolute atomic E-state index is 12.6. The summed E-state index contributed by atoms with van der Waals surface area (Å²) in [6, 6.07) is 7.90. The van der Waals surface area contributed by atoms with Gasteiger partial charge in [0, 0.05) is 23.9 Å². The Hall–Kier alpha value is -1.49. The van der Waals surface area contributed by atoms with Crippen LogP contribution in [0.4, 0.5) is 0 Å². The van der Waals surface area contributed by atoms with E-state index in [0.29, 0.717) is 5.56 Å². The molecule has 5 heteroatoms. The van der Waals surface area contributed by atoms with E-state index in [1.54, 1.807) is 11.8 Å². The zero-order chi connectivity index (χ0) is 16.1. The number of benzene rings is 1. The van der Waals surface area contributed by atoms with Gasteiger partial charge in [-0.25, -0.2) is 0 Å². The van der Waals surface area contributed by atoms with Crippen molar-refractivity contribution in [3.63, 3.8) is 0 Å². The molecule has 1 saturated carbocycles. The van der Waals surface area contributed by atoms with Crippen molar-refractivity contribution in [3.8, 4) is 0 Å². The van der Waals surface area contributed by atoms with Gasteiger partial charge >= 0.3 is 5.97 Å². The Morgan fingerprint density at radius 1 is 1.32 bits per heavy atom. The summed E-state index contributed by atoms with van der Waals surface area (Å²) in [5, 5.41) is 9.06. The summed E-state index contributed by atoms with van der Waals surface area (Å²) in [5.41, 5.74) is 1.86. The molecule has 0 spiro atoms. The van der Waals surface area contributed by atoms with E-state index in [1.165, 1.54) is 5.56 Å². The molecule has 0 radical (unpaired) electrons. The molecular formula is C17H23NO3S. The van der Waals surface area contributed by atoms with Crippen molar-refractivity contribution in [3.05, 3.63) is 35.4 Å². The number of thioether (sulfide) groups is 1. The Balaban J connectivity index is 2.05. The first-order valence-electron chi connectivity index (χ1n) is 7.73. The minimum Gasteiger partial charge on any atom is -0.481 e. The van der Waals surface area contributed by atoms with Crippen LogP contribution in [0.3, 0.4) is 0 Å². The molecule has 4 nitrogen and oxygen atoms in total. The van der Waals surface area contributed by atoms with Gasteiger partial charge in [0.15, 0.2) is 0 Å². The quantitative estimate of drug-likeness (QED) is 0.798. The fraction of sp³-hybridized carbons (Fsp3) is 0.529. The molecule has 1 N–H and O–H groups in total. The number of hydrogen-bond donors (Lipinski definition) is 1. The third-order valence-electron chi connectivity index (χ3n) is 3.81. The summed E-state index contributed by atoms with van der Waals surface area (Å²) >= 11 is 1.85. The van der Waals surface area contributed by atoms with Gasteiger partial charge in [-0.15, -0.1) is 0 Å². The minimum atomic E-state index is -0.856. The van der Waals surface area contributed by atoms with Crippen LogP contribution in [0, 0.1) is 5.92 Å². The molecule has 2 rings (SSSR count). The molecule has 1 aliphatic rings. The second-order valence-corrected chi connectivity index (χ2v) is 7.04. The highest BCUT2D eigenvalue weighted by atomic mass is 32.2. The molecule has 0 bridgehead atoms. The Morgan fingerprint density at radius 3 is 2.45 bits per heavy atom. The smallest absolute Gasteiger partial charge is 0.308 e. The fourth-order valence-electron chi connectivity index (χ4n) is 2.29. The first-order chi connectivity index (χ1) is 10.5. The van der Waals surface area contributed by atoms with Crippen LogP contribution in [0.5, 0.6) is 0 Å². The number of rotatable bonds is 8. The van der Waals surface area contributed by atoms with E-state index in [4.69, 9.17) is 5.11 Å². The number of amides is 1. The molecule has 1 amide bonds. The predicted octanol–water partition coefficient (Wildman–Crippen LogP) is 3.27. The van der Waals surface area contributed by atoms with Crippen LogP contribution in [0.2, 0.25) is 0 Å². The van der Waals surface area contributed by atoms with Crippen LogP contribution in [0.25, 0.3) is 0 Å². The van der Waals surface area contributed by atoms with E-state index in [9.17, 15) is 9.59 Å². The molecule has 1 aromatic rings. The maximum atomic E-state index is 12.6. The molecule has 22 heavy (non-hydrogen) atoms. The summed E-state index contributed by atoms with van der Waals surface area (Å²) < 4.78 is 0. The molecule has 1 atom stereocenters. The lowest BCUT2D eigenvalue weighted by atomic mass is 10.1. The van der Waals surface area contributed by atoms with Gasteiger partial charge in [0.2, 0.25) is 0 Å². The molecular weight excluding hydrogens is 298 g/mol. The van der Waals surface area contributed by atoms with Crippen molar-refractivity contribution in [2.45, 2.75) is 38.5 Å². The first-order valence-corrected chi connectivity index (χ1v) is 8.88. The Labute approximate surface area is 135 Å². The summed E-state index contributed by atoms with van der Waals surface area (Å²) in [7, 11) is 0. The van der Waals surface area contributed by atoms with Gasteiger partial charge in [0.25, 0.3) is 5.91 Å². The van der Waals surface area contributed by atoms with Crippen LogP contribution < -0.4 is 0 Å². The number of aliphatic carboxylic acids is 1. The lowest BCUT2D eigenvalue weighted by Gasteiger charge is -2.24. The third kappa shape index (κ3) is 4.50. The molecule has 120 valence electrons. The number of carbonyl (C=O) groups is 2. The van der Waals surface area contributed by atoms with E-state index in [-0.39, 0.29) is 18.5 Å². The van der Waals surface area contributed by atoms with E-state index >= 15 is 0 Å². The summed E-state index contributed by atoms with van der Waals surface area (Å²) in [4.78, 5) is 25.4. The highest BCUT2D eigenvalue weighted by molar-refractivity contribution is 7.98. The molecule has 0 heterocycles. The maximum Gasteiger partial charge on any atom is 0.308 e. The number of hydrogen-bond acceptors (Lipinski definition) is 3. The molecule has 1 aromatic carbocycles. The van der Waals surface area contributed by atoms with Crippen molar-refractivity contribution in [1.29, 1.82) is 0 Å². The number of nitrogens with zero attached hydrogens (tertiary/aromatic N) is 1. The molecule has 1 aliphatic carbocycles. The topological polar surface area (TPSA) is 57.6 Å². The van der Waals surface area contributed by atoms with Crippen molar-refractivity contribution < 1.29 is 14.7 Å². The minimum absolute atomic E-state index is 0.0507. The second kappa shape index (κ2) is 7.68.